The summed E-state index contributed by atoms with van der Waals surface area (Å²) >= 11 is 0. The molecule has 0 spiro atoms. The van der Waals surface area contributed by atoms with Crippen molar-refractivity contribution in [3.05, 3.63) is 59.7 Å². The normalized spacial score (nSPS) is 25.0. The van der Waals surface area contributed by atoms with Crippen molar-refractivity contribution in [3.8, 4) is 5.75 Å². The van der Waals surface area contributed by atoms with Crippen LogP contribution in [-0.4, -0.2) is 44.4 Å². The van der Waals surface area contributed by atoms with Crippen molar-refractivity contribution in [2.24, 2.45) is 11.8 Å². The number of fused-ring (bicyclic) bond motifs is 2. The number of para-hydroxylation sites is 1. The fourth-order valence-electron chi connectivity index (χ4n) is 5.56. The van der Waals surface area contributed by atoms with E-state index < -0.39 is 19.9 Å². The van der Waals surface area contributed by atoms with E-state index in [0.717, 1.165) is 22.9 Å². The van der Waals surface area contributed by atoms with Crippen LogP contribution in [0.2, 0.25) is 25.7 Å². The molecule has 35 heavy (non-hydrogen) atoms. The van der Waals surface area contributed by atoms with E-state index in [4.69, 9.17) is 9.47 Å². The van der Waals surface area contributed by atoms with Crippen molar-refractivity contribution in [2.45, 2.75) is 63.3 Å². The van der Waals surface area contributed by atoms with Gasteiger partial charge in [0.1, 0.15) is 5.75 Å². The number of phenols is 1. The van der Waals surface area contributed by atoms with Gasteiger partial charge in [-0.25, -0.2) is 0 Å². The minimum absolute atomic E-state index is 0.0816. The van der Waals surface area contributed by atoms with Gasteiger partial charge >= 0.3 is 11.9 Å². The molecule has 7 heteroatoms. The summed E-state index contributed by atoms with van der Waals surface area (Å²) < 4.78 is 11.4. The zero-order chi connectivity index (χ0) is 25.2. The van der Waals surface area contributed by atoms with Crippen molar-refractivity contribution in [1.82, 2.24) is 0 Å². The number of phenolic OH excluding ortho intramolecular Hbond substituents is 1. The second-order valence-electron chi connectivity index (χ2n) is 11.0. The number of hydrogen-bond donors (Lipinski definition) is 2. The van der Waals surface area contributed by atoms with Gasteiger partial charge in [0, 0.05) is 31.6 Å². The number of nitrogens with one attached hydrogen (secondary N) is 1. The van der Waals surface area contributed by atoms with E-state index in [2.05, 4.69) is 25.0 Å². The molecule has 3 aliphatic rings. The summed E-state index contributed by atoms with van der Waals surface area (Å²) in [5.41, 5.74) is 2.89. The van der Waals surface area contributed by atoms with Gasteiger partial charge < -0.3 is 19.9 Å². The van der Waals surface area contributed by atoms with Gasteiger partial charge in [-0.05, 0) is 54.3 Å². The van der Waals surface area contributed by atoms with Crippen molar-refractivity contribution in [2.75, 3.05) is 18.5 Å². The third kappa shape index (κ3) is 5.55. The van der Waals surface area contributed by atoms with Crippen LogP contribution in [0.5, 0.6) is 5.75 Å². The minimum Gasteiger partial charge on any atom is -0.508 e. The molecule has 0 saturated heterocycles. The molecule has 2 aromatic rings. The van der Waals surface area contributed by atoms with E-state index >= 15 is 0 Å². The molecular formula is C28H37NO5Si. The van der Waals surface area contributed by atoms with E-state index in [1.807, 2.05) is 43.3 Å². The fraction of sp³-hybridized carbons (Fsp3) is 0.500. The number of benzene rings is 2. The van der Waals surface area contributed by atoms with Gasteiger partial charge in [0.15, 0.2) is 0 Å². The molecular weight excluding hydrogens is 458 g/mol. The largest absolute Gasteiger partial charge is 0.508 e. The van der Waals surface area contributed by atoms with Gasteiger partial charge in [-0.3, -0.25) is 9.59 Å². The molecule has 0 amide bonds. The highest BCUT2D eigenvalue weighted by molar-refractivity contribution is 6.76. The molecule has 2 bridgehead atoms. The van der Waals surface area contributed by atoms with Crippen LogP contribution in [0.3, 0.4) is 0 Å². The van der Waals surface area contributed by atoms with Crippen LogP contribution in [0.1, 0.15) is 42.7 Å². The van der Waals surface area contributed by atoms with E-state index in [0.29, 0.717) is 26.1 Å². The van der Waals surface area contributed by atoms with Crippen molar-refractivity contribution >= 4 is 25.7 Å². The summed E-state index contributed by atoms with van der Waals surface area (Å²) in [4.78, 5) is 27.0. The first-order valence-corrected chi connectivity index (χ1v) is 16.4. The first-order chi connectivity index (χ1) is 16.7. The number of anilines is 1. The van der Waals surface area contributed by atoms with Gasteiger partial charge in [-0.2, -0.15) is 0 Å². The highest BCUT2D eigenvalue weighted by atomic mass is 28.3. The highest BCUT2D eigenvalue weighted by Gasteiger charge is 2.58. The molecule has 2 aromatic carbocycles. The monoisotopic (exact) mass is 495 g/mol. The van der Waals surface area contributed by atoms with Crippen LogP contribution >= 0.6 is 0 Å². The lowest BCUT2D eigenvalue weighted by molar-refractivity contribution is -0.166. The number of rotatable bonds is 9. The van der Waals surface area contributed by atoms with E-state index in [9.17, 15) is 14.7 Å². The first-order valence-electron chi connectivity index (χ1n) is 12.7. The lowest BCUT2D eigenvalue weighted by Gasteiger charge is -2.51. The Hall–Kier alpha value is -2.80. The topological polar surface area (TPSA) is 84.9 Å². The molecule has 5 atom stereocenters. The average molecular weight is 496 g/mol. The predicted octanol–water partition coefficient (Wildman–Crippen LogP) is 5.52. The second kappa shape index (κ2) is 10.4. The zero-order valence-corrected chi connectivity index (χ0v) is 22.1. The van der Waals surface area contributed by atoms with Crippen LogP contribution in [0.25, 0.3) is 0 Å². The molecule has 188 valence electrons. The molecule has 3 aliphatic carbocycles. The molecule has 5 rings (SSSR count). The Bertz CT molecular complexity index is 1050. The Morgan fingerprint density at radius 2 is 1.66 bits per heavy atom. The summed E-state index contributed by atoms with van der Waals surface area (Å²) in [6.45, 7) is 9.39. The molecule has 6 nitrogen and oxygen atoms in total. The maximum absolute atomic E-state index is 13.5. The number of ether oxygens (including phenoxy) is 2. The standard InChI is InChI=1S/C28H37NO5Si/c1-5-13-33-28(32)26-24-21-16-19(30)11-12-20(21)22(17-23(24)29-18-9-7-6-8-10-18)25(26)27(31)34-14-15-35(2,3)4/h6-12,16,22-26,29-30H,5,13-15,17H2,1-4H3/t22?,23?,24-,25-,26-/m1/s1. The Balaban J connectivity index is 1.71. The molecule has 0 radical (unpaired) electrons. The van der Waals surface area contributed by atoms with Gasteiger partial charge in [0.25, 0.3) is 0 Å². The summed E-state index contributed by atoms with van der Waals surface area (Å²) in [7, 11) is -1.37. The lowest BCUT2D eigenvalue weighted by Crippen LogP contribution is -2.54. The van der Waals surface area contributed by atoms with Gasteiger partial charge in [-0.1, -0.05) is 50.8 Å². The van der Waals surface area contributed by atoms with Crippen molar-refractivity contribution in [3.63, 3.8) is 0 Å². The van der Waals surface area contributed by atoms with Crippen LogP contribution < -0.4 is 5.32 Å². The number of hydrogen-bond acceptors (Lipinski definition) is 6. The number of aromatic hydroxyl groups is 1. The Kier molecular flexibility index (Phi) is 7.55. The smallest absolute Gasteiger partial charge is 0.310 e. The summed E-state index contributed by atoms with van der Waals surface area (Å²) in [6.07, 6.45) is 1.41. The average Bonchev–Trinajstić information content (AvgIpc) is 2.81. The third-order valence-electron chi connectivity index (χ3n) is 7.19. The summed E-state index contributed by atoms with van der Waals surface area (Å²) in [5.74, 6) is -2.30. The van der Waals surface area contributed by atoms with Crippen molar-refractivity contribution in [1.29, 1.82) is 0 Å². The Labute approximate surface area is 209 Å². The molecule has 0 aliphatic heterocycles. The van der Waals surface area contributed by atoms with E-state index in [1.54, 1.807) is 12.1 Å². The number of esters is 2. The molecule has 0 heterocycles. The van der Waals surface area contributed by atoms with E-state index in [1.165, 1.54) is 0 Å². The van der Waals surface area contributed by atoms with Crippen LogP contribution in [-0.2, 0) is 19.1 Å². The summed E-state index contributed by atoms with van der Waals surface area (Å²) in [5, 5.41) is 13.9. The van der Waals surface area contributed by atoms with Gasteiger partial charge in [0.05, 0.1) is 25.0 Å². The Morgan fingerprint density at radius 3 is 2.34 bits per heavy atom. The van der Waals surface area contributed by atoms with Crippen molar-refractivity contribution < 1.29 is 24.2 Å². The number of carbonyl (C=O) groups is 2. The highest BCUT2D eigenvalue weighted by Crippen LogP contribution is 2.57. The van der Waals surface area contributed by atoms with Gasteiger partial charge in [-0.15, -0.1) is 0 Å². The first kappa shape index (κ1) is 25.3. The van der Waals surface area contributed by atoms with Crippen LogP contribution in [0.15, 0.2) is 48.5 Å². The second-order valence-corrected chi connectivity index (χ2v) is 16.6. The lowest BCUT2D eigenvalue weighted by atomic mass is 9.54. The molecule has 2 unspecified atom stereocenters. The fourth-order valence-corrected chi connectivity index (χ4v) is 6.28. The zero-order valence-electron chi connectivity index (χ0n) is 21.1. The minimum atomic E-state index is -1.37. The van der Waals surface area contributed by atoms with Gasteiger partial charge in [0.2, 0.25) is 0 Å². The molecule has 0 aromatic heterocycles. The molecule has 1 fully saturated rings. The predicted molar refractivity (Wildman–Crippen MR) is 139 cm³/mol. The maximum Gasteiger partial charge on any atom is 0.310 e. The molecule has 1 saturated carbocycles. The maximum atomic E-state index is 13.5. The third-order valence-corrected chi connectivity index (χ3v) is 8.90. The Morgan fingerprint density at radius 1 is 0.971 bits per heavy atom. The van der Waals surface area contributed by atoms with Crippen LogP contribution in [0, 0.1) is 11.8 Å². The SMILES string of the molecule is CCCOC(=O)[C@H]1[C@H](C(=O)OCC[Si](C)(C)C)C2CC(Nc3ccccc3)[C@H]1c1cc(O)ccc12. The quantitative estimate of drug-likeness (QED) is 0.352. The summed E-state index contributed by atoms with van der Waals surface area (Å²) in [6, 6.07) is 16.0. The van der Waals surface area contributed by atoms with Crippen LogP contribution in [0.4, 0.5) is 5.69 Å². The number of carbonyl (C=O) groups excluding carboxylic acids is 2. The molecule has 2 N–H and O–H groups in total. The van der Waals surface area contributed by atoms with E-state index in [-0.39, 0.29) is 35.6 Å².